The molecule has 1 unspecified atom stereocenters. The lowest BCUT2D eigenvalue weighted by atomic mass is 10.0. The van der Waals surface area contributed by atoms with Gasteiger partial charge in [0.15, 0.2) is 0 Å². The number of hydrogen-bond acceptors (Lipinski definition) is 2. The molecule has 0 radical (unpaired) electrons. The largest absolute Gasteiger partial charge is 0.411 e. The van der Waals surface area contributed by atoms with E-state index in [0.717, 1.165) is 25.9 Å². The van der Waals surface area contributed by atoms with Crippen molar-refractivity contribution in [2.75, 3.05) is 26.3 Å². The average molecular weight is 269 g/mol. The van der Waals surface area contributed by atoms with Gasteiger partial charge in [-0.2, -0.15) is 13.2 Å². The second-order valence-corrected chi connectivity index (χ2v) is 5.32. The summed E-state index contributed by atoms with van der Waals surface area (Å²) in [6.45, 7) is 7.54. The SMILES string of the molecule is CC(C)CNCC(C)CCCCOCC(F)(F)F. The van der Waals surface area contributed by atoms with Crippen LogP contribution in [0.15, 0.2) is 0 Å². The predicted octanol–water partition coefficient (Wildman–Crippen LogP) is 3.62. The highest BCUT2D eigenvalue weighted by molar-refractivity contribution is 4.59. The fourth-order valence-corrected chi connectivity index (χ4v) is 1.61. The predicted molar refractivity (Wildman–Crippen MR) is 67.6 cm³/mol. The van der Waals surface area contributed by atoms with Gasteiger partial charge in [0.05, 0.1) is 0 Å². The van der Waals surface area contributed by atoms with Crippen molar-refractivity contribution >= 4 is 0 Å². The molecule has 1 atom stereocenters. The molecule has 0 heterocycles. The maximum Gasteiger partial charge on any atom is 0.411 e. The number of rotatable bonds is 10. The topological polar surface area (TPSA) is 21.3 Å². The molecule has 0 bridgehead atoms. The van der Waals surface area contributed by atoms with Gasteiger partial charge < -0.3 is 10.1 Å². The van der Waals surface area contributed by atoms with Crippen molar-refractivity contribution in [1.29, 1.82) is 0 Å². The van der Waals surface area contributed by atoms with Crippen LogP contribution in [0.25, 0.3) is 0 Å². The second kappa shape index (κ2) is 9.62. The van der Waals surface area contributed by atoms with Gasteiger partial charge in [-0.05, 0) is 37.8 Å². The Morgan fingerprint density at radius 1 is 1.06 bits per heavy atom. The van der Waals surface area contributed by atoms with E-state index in [9.17, 15) is 13.2 Å². The molecule has 0 aliphatic rings. The minimum atomic E-state index is -4.20. The average Bonchev–Trinajstić information content (AvgIpc) is 2.21. The first-order valence-electron chi connectivity index (χ1n) is 6.66. The summed E-state index contributed by atoms with van der Waals surface area (Å²) < 4.78 is 39.8. The van der Waals surface area contributed by atoms with Crippen molar-refractivity contribution in [3.05, 3.63) is 0 Å². The summed E-state index contributed by atoms with van der Waals surface area (Å²) in [6.07, 6.45) is -1.55. The van der Waals surface area contributed by atoms with Crippen LogP contribution in [0.1, 0.15) is 40.0 Å². The van der Waals surface area contributed by atoms with E-state index in [-0.39, 0.29) is 6.61 Å². The lowest BCUT2D eigenvalue weighted by molar-refractivity contribution is -0.174. The van der Waals surface area contributed by atoms with Gasteiger partial charge in [0, 0.05) is 6.61 Å². The van der Waals surface area contributed by atoms with E-state index < -0.39 is 12.8 Å². The van der Waals surface area contributed by atoms with E-state index in [4.69, 9.17) is 0 Å². The standard InChI is InChI=1S/C13H26F3NO/c1-11(2)8-17-9-12(3)6-4-5-7-18-10-13(14,15)16/h11-12,17H,4-10H2,1-3H3. The Morgan fingerprint density at radius 3 is 2.28 bits per heavy atom. The highest BCUT2D eigenvalue weighted by Crippen LogP contribution is 2.15. The molecule has 0 aromatic rings. The highest BCUT2D eigenvalue weighted by atomic mass is 19.4. The molecule has 0 rings (SSSR count). The Kier molecular flexibility index (Phi) is 9.46. The lowest BCUT2D eigenvalue weighted by Gasteiger charge is -2.14. The van der Waals surface area contributed by atoms with Crippen LogP contribution in [-0.2, 0) is 4.74 Å². The second-order valence-electron chi connectivity index (χ2n) is 5.32. The van der Waals surface area contributed by atoms with Crippen molar-refractivity contribution in [2.45, 2.75) is 46.2 Å². The molecule has 0 saturated heterocycles. The van der Waals surface area contributed by atoms with Crippen LogP contribution in [0.4, 0.5) is 13.2 Å². The maximum absolute atomic E-state index is 11.8. The Bertz CT molecular complexity index is 195. The Balaban J connectivity index is 3.27. The van der Waals surface area contributed by atoms with Crippen LogP contribution < -0.4 is 5.32 Å². The minimum Gasteiger partial charge on any atom is -0.372 e. The number of halogens is 3. The van der Waals surface area contributed by atoms with Gasteiger partial charge in [-0.3, -0.25) is 0 Å². The summed E-state index contributed by atoms with van der Waals surface area (Å²) in [6, 6.07) is 0. The lowest BCUT2D eigenvalue weighted by Crippen LogP contribution is -2.25. The molecule has 5 heteroatoms. The molecule has 1 N–H and O–H groups in total. The van der Waals surface area contributed by atoms with Crippen molar-refractivity contribution in [3.63, 3.8) is 0 Å². The molecule has 0 spiro atoms. The monoisotopic (exact) mass is 269 g/mol. The van der Waals surface area contributed by atoms with Crippen LogP contribution in [0, 0.1) is 11.8 Å². The summed E-state index contributed by atoms with van der Waals surface area (Å²) in [5.41, 5.74) is 0. The van der Waals surface area contributed by atoms with Crippen molar-refractivity contribution in [1.82, 2.24) is 5.32 Å². The molecule has 0 aliphatic heterocycles. The minimum absolute atomic E-state index is 0.200. The van der Waals surface area contributed by atoms with E-state index in [0.29, 0.717) is 18.3 Å². The summed E-state index contributed by atoms with van der Waals surface area (Å²) in [5.74, 6) is 1.21. The molecular formula is C13H26F3NO. The molecule has 0 amide bonds. The van der Waals surface area contributed by atoms with Gasteiger partial charge >= 0.3 is 6.18 Å². The molecule has 0 saturated carbocycles. The third-order valence-corrected chi connectivity index (χ3v) is 2.55. The summed E-state index contributed by atoms with van der Waals surface area (Å²) in [4.78, 5) is 0. The van der Waals surface area contributed by atoms with Gasteiger partial charge in [0.2, 0.25) is 0 Å². The van der Waals surface area contributed by atoms with Crippen LogP contribution in [0.3, 0.4) is 0 Å². The van der Waals surface area contributed by atoms with Crippen LogP contribution >= 0.6 is 0 Å². The van der Waals surface area contributed by atoms with E-state index in [2.05, 4.69) is 30.8 Å². The van der Waals surface area contributed by atoms with Gasteiger partial charge in [-0.1, -0.05) is 27.2 Å². The molecule has 2 nitrogen and oxygen atoms in total. The quantitative estimate of drug-likeness (QED) is 0.612. The van der Waals surface area contributed by atoms with Crippen molar-refractivity contribution < 1.29 is 17.9 Å². The fourth-order valence-electron chi connectivity index (χ4n) is 1.61. The van der Waals surface area contributed by atoms with Gasteiger partial charge in [-0.15, -0.1) is 0 Å². The number of alkyl halides is 3. The summed E-state index contributed by atoms with van der Waals surface area (Å²) >= 11 is 0. The Labute approximate surface area is 108 Å². The normalized spacial score (nSPS) is 14.2. The van der Waals surface area contributed by atoms with Gasteiger partial charge in [0.1, 0.15) is 6.61 Å². The van der Waals surface area contributed by atoms with E-state index in [1.165, 1.54) is 0 Å². The molecule has 0 fully saturated rings. The smallest absolute Gasteiger partial charge is 0.372 e. The third kappa shape index (κ3) is 13.8. The maximum atomic E-state index is 11.8. The molecule has 0 aromatic heterocycles. The first-order chi connectivity index (χ1) is 8.31. The Hall–Kier alpha value is -0.290. The first kappa shape index (κ1) is 17.7. The number of nitrogens with one attached hydrogen (secondary N) is 1. The van der Waals surface area contributed by atoms with Crippen LogP contribution in [0.2, 0.25) is 0 Å². The number of hydrogen-bond donors (Lipinski definition) is 1. The summed E-state index contributed by atoms with van der Waals surface area (Å²) in [7, 11) is 0. The molecule has 110 valence electrons. The van der Waals surface area contributed by atoms with Crippen molar-refractivity contribution in [3.8, 4) is 0 Å². The third-order valence-electron chi connectivity index (χ3n) is 2.55. The van der Waals surface area contributed by atoms with E-state index >= 15 is 0 Å². The zero-order valence-corrected chi connectivity index (χ0v) is 11.6. The number of unbranched alkanes of at least 4 members (excludes halogenated alkanes) is 1. The zero-order chi connectivity index (χ0) is 14.0. The molecular weight excluding hydrogens is 243 g/mol. The van der Waals surface area contributed by atoms with E-state index in [1.807, 2.05) is 0 Å². The molecule has 0 aliphatic carbocycles. The summed E-state index contributed by atoms with van der Waals surface area (Å²) in [5, 5.41) is 3.38. The molecule has 0 aromatic carbocycles. The van der Waals surface area contributed by atoms with Crippen molar-refractivity contribution in [2.24, 2.45) is 11.8 Å². The zero-order valence-electron chi connectivity index (χ0n) is 11.6. The van der Waals surface area contributed by atoms with Crippen LogP contribution in [0.5, 0.6) is 0 Å². The highest BCUT2D eigenvalue weighted by Gasteiger charge is 2.27. The first-order valence-corrected chi connectivity index (χ1v) is 6.66. The fraction of sp³-hybridized carbons (Fsp3) is 1.00. The Morgan fingerprint density at radius 2 is 1.72 bits per heavy atom. The number of ether oxygens (including phenoxy) is 1. The van der Waals surface area contributed by atoms with Gasteiger partial charge in [-0.25, -0.2) is 0 Å². The van der Waals surface area contributed by atoms with E-state index in [1.54, 1.807) is 0 Å². The van der Waals surface area contributed by atoms with Gasteiger partial charge in [0.25, 0.3) is 0 Å². The molecule has 18 heavy (non-hydrogen) atoms. The van der Waals surface area contributed by atoms with Crippen LogP contribution in [-0.4, -0.2) is 32.5 Å².